The summed E-state index contributed by atoms with van der Waals surface area (Å²) in [7, 11) is 0. The van der Waals surface area contributed by atoms with Gasteiger partial charge in [-0.05, 0) is 44.2 Å². The van der Waals surface area contributed by atoms with E-state index in [-0.39, 0.29) is 0 Å². The Morgan fingerprint density at radius 2 is 2.24 bits per heavy atom. The van der Waals surface area contributed by atoms with E-state index in [9.17, 15) is 4.79 Å². The first kappa shape index (κ1) is 12.1. The van der Waals surface area contributed by atoms with E-state index in [1.54, 1.807) is 6.20 Å². The lowest BCUT2D eigenvalue weighted by molar-refractivity contribution is 0.112. The number of hydrogen-bond donors (Lipinski definition) is 0. The lowest BCUT2D eigenvalue weighted by Crippen LogP contribution is -2.41. The summed E-state index contributed by atoms with van der Waals surface area (Å²) in [4.78, 5) is 17.5. The van der Waals surface area contributed by atoms with E-state index in [4.69, 9.17) is 0 Å². The Bertz CT molecular complexity index is 417. The normalized spacial score (nSPS) is 24.8. The number of hydrogen-bond acceptors (Lipinski definition) is 3. The Hall–Kier alpha value is -1.38. The van der Waals surface area contributed by atoms with Gasteiger partial charge in [-0.2, -0.15) is 0 Å². The van der Waals surface area contributed by atoms with E-state index < -0.39 is 0 Å². The van der Waals surface area contributed by atoms with Gasteiger partial charge >= 0.3 is 0 Å². The molecule has 0 saturated carbocycles. The van der Waals surface area contributed by atoms with Crippen LogP contribution in [-0.2, 0) is 0 Å². The summed E-state index contributed by atoms with van der Waals surface area (Å²) in [6, 6.07) is 2.45. The maximum atomic E-state index is 10.7. The SMILES string of the molecule is Cc1cc(C=O)cnc1N1CCC(C)CC1C. The fourth-order valence-electron chi connectivity index (χ4n) is 2.68. The molecule has 3 nitrogen and oxygen atoms in total. The molecular weight excluding hydrogens is 212 g/mol. The number of carbonyl (C=O) groups excluding carboxylic acids is 1. The van der Waals surface area contributed by atoms with Crippen molar-refractivity contribution in [3.63, 3.8) is 0 Å². The highest BCUT2D eigenvalue weighted by molar-refractivity contribution is 5.75. The third kappa shape index (κ3) is 2.48. The summed E-state index contributed by atoms with van der Waals surface area (Å²) < 4.78 is 0. The maximum absolute atomic E-state index is 10.7. The first-order valence-electron chi connectivity index (χ1n) is 6.30. The molecule has 0 spiro atoms. The molecule has 3 heteroatoms. The smallest absolute Gasteiger partial charge is 0.151 e. The molecule has 2 rings (SSSR count). The summed E-state index contributed by atoms with van der Waals surface area (Å²) in [6.07, 6.45) is 4.96. The number of pyridine rings is 1. The van der Waals surface area contributed by atoms with Crippen molar-refractivity contribution < 1.29 is 4.79 Å². The Morgan fingerprint density at radius 3 is 2.82 bits per heavy atom. The van der Waals surface area contributed by atoms with Crippen LogP contribution in [0.4, 0.5) is 5.82 Å². The van der Waals surface area contributed by atoms with Crippen LogP contribution in [0.25, 0.3) is 0 Å². The molecule has 0 bridgehead atoms. The van der Waals surface area contributed by atoms with Crippen LogP contribution in [0.2, 0.25) is 0 Å². The van der Waals surface area contributed by atoms with E-state index in [1.807, 2.05) is 13.0 Å². The predicted molar refractivity (Wildman–Crippen MR) is 69.6 cm³/mol. The number of carbonyl (C=O) groups is 1. The molecule has 0 aliphatic carbocycles. The molecule has 2 atom stereocenters. The van der Waals surface area contributed by atoms with E-state index in [0.29, 0.717) is 11.6 Å². The van der Waals surface area contributed by atoms with E-state index in [2.05, 4.69) is 23.7 Å². The molecule has 2 heterocycles. The van der Waals surface area contributed by atoms with Crippen molar-refractivity contribution in [1.29, 1.82) is 0 Å². The van der Waals surface area contributed by atoms with Gasteiger partial charge in [-0.25, -0.2) is 4.98 Å². The zero-order valence-corrected chi connectivity index (χ0v) is 10.8. The van der Waals surface area contributed by atoms with Crippen molar-refractivity contribution in [3.8, 4) is 0 Å². The molecule has 1 saturated heterocycles. The lowest BCUT2D eigenvalue weighted by Gasteiger charge is -2.38. The van der Waals surface area contributed by atoms with Crippen LogP contribution >= 0.6 is 0 Å². The first-order chi connectivity index (χ1) is 8.11. The van der Waals surface area contributed by atoms with Crippen molar-refractivity contribution in [1.82, 2.24) is 4.98 Å². The molecular formula is C14H20N2O. The van der Waals surface area contributed by atoms with Crippen LogP contribution in [0.3, 0.4) is 0 Å². The minimum absolute atomic E-state index is 0.534. The molecule has 92 valence electrons. The van der Waals surface area contributed by atoms with Crippen LogP contribution in [-0.4, -0.2) is 23.9 Å². The standard InChI is InChI=1S/C14H20N2O/c1-10-4-5-16(12(3)6-10)14-11(2)7-13(9-17)8-15-14/h7-10,12H,4-6H2,1-3H3. The highest BCUT2D eigenvalue weighted by atomic mass is 16.1. The van der Waals surface area contributed by atoms with Crippen LogP contribution < -0.4 is 4.90 Å². The van der Waals surface area contributed by atoms with Crippen molar-refractivity contribution in [2.24, 2.45) is 5.92 Å². The third-order valence-corrected chi connectivity index (χ3v) is 3.62. The summed E-state index contributed by atoms with van der Waals surface area (Å²) in [5.74, 6) is 1.84. The quantitative estimate of drug-likeness (QED) is 0.735. The molecule has 1 aliphatic heterocycles. The van der Waals surface area contributed by atoms with Gasteiger partial charge in [0.15, 0.2) is 6.29 Å². The largest absolute Gasteiger partial charge is 0.354 e. The van der Waals surface area contributed by atoms with Gasteiger partial charge in [-0.3, -0.25) is 4.79 Å². The molecule has 0 N–H and O–H groups in total. The van der Waals surface area contributed by atoms with Gasteiger partial charge in [0, 0.05) is 24.3 Å². The molecule has 1 aliphatic rings. The average molecular weight is 232 g/mol. The number of aldehydes is 1. The number of aromatic nitrogens is 1. The van der Waals surface area contributed by atoms with Gasteiger partial charge < -0.3 is 4.90 Å². The second-order valence-electron chi connectivity index (χ2n) is 5.20. The Labute approximate surface area is 103 Å². The van der Waals surface area contributed by atoms with Crippen LogP contribution in [0.5, 0.6) is 0 Å². The van der Waals surface area contributed by atoms with Gasteiger partial charge in [0.2, 0.25) is 0 Å². The monoisotopic (exact) mass is 232 g/mol. The summed E-state index contributed by atoms with van der Waals surface area (Å²) >= 11 is 0. The zero-order valence-electron chi connectivity index (χ0n) is 10.8. The Balaban J connectivity index is 2.25. The average Bonchev–Trinajstić information content (AvgIpc) is 2.30. The van der Waals surface area contributed by atoms with Crippen molar-refractivity contribution in [3.05, 3.63) is 23.4 Å². The Kier molecular flexibility index (Phi) is 3.46. The summed E-state index contributed by atoms with van der Waals surface area (Å²) in [5, 5.41) is 0. The van der Waals surface area contributed by atoms with E-state index in [0.717, 1.165) is 30.1 Å². The molecule has 2 unspecified atom stereocenters. The molecule has 1 aromatic heterocycles. The van der Waals surface area contributed by atoms with Crippen LogP contribution in [0.15, 0.2) is 12.3 Å². The minimum atomic E-state index is 0.534. The topological polar surface area (TPSA) is 33.2 Å². The number of anilines is 1. The molecule has 17 heavy (non-hydrogen) atoms. The number of aryl methyl sites for hydroxylation is 1. The van der Waals surface area contributed by atoms with Gasteiger partial charge in [0.25, 0.3) is 0 Å². The molecule has 0 amide bonds. The predicted octanol–water partition coefficient (Wildman–Crippen LogP) is 2.83. The van der Waals surface area contributed by atoms with Crippen molar-refractivity contribution in [2.45, 2.75) is 39.7 Å². The van der Waals surface area contributed by atoms with Gasteiger partial charge in [0.05, 0.1) is 0 Å². The third-order valence-electron chi connectivity index (χ3n) is 3.62. The summed E-state index contributed by atoms with van der Waals surface area (Å²) in [6.45, 7) is 7.66. The van der Waals surface area contributed by atoms with Gasteiger partial charge in [0.1, 0.15) is 5.82 Å². The minimum Gasteiger partial charge on any atom is -0.354 e. The second-order valence-corrected chi connectivity index (χ2v) is 5.20. The fourth-order valence-corrected chi connectivity index (χ4v) is 2.68. The summed E-state index contributed by atoms with van der Waals surface area (Å²) in [5.41, 5.74) is 1.75. The second kappa shape index (κ2) is 4.86. The van der Waals surface area contributed by atoms with Crippen LogP contribution in [0.1, 0.15) is 42.6 Å². The van der Waals surface area contributed by atoms with Gasteiger partial charge in [-0.1, -0.05) is 6.92 Å². The van der Waals surface area contributed by atoms with Crippen molar-refractivity contribution >= 4 is 12.1 Å². The van der Waals surface area contributed by atoms with E-state index in [1.165, 1.54) is 12.8 Å². The Morgan fingerprint density at radius 1 is 1.47 bits per heavy atom. The maximum Gasteiger partial charge on any atom is 0.151 e. The molecule has 0 aromatic carbocycles. The molecule has 0 radical (unpaired) electrons. The first-order valence-corrected chi connectivity index (χ1v) is 6.30. The molecule has 1 fully saturated rings. The number of piperidine rings is 1. The van der Waals surface area contributed by atoms with Gasteiger partial charge in [-0.15, -0.1) is 0 Å². The number of nitrogens with zero attached hydrogens (tertiary/aromatic N) is 2. The fraction of sp³-hybridized carbons (Fsp3) is 0.571. The highest BCUT2D eigenvalue weighted by Crippen LogP contribution is 2.28. The molecule has 1 aromatic rings. The lowest BCUT2D eigenvalue weighted by atomic mass is 9.93. The highest BCUT2D eigenvalue weighted by Gasteiger charge is 2.24. The van der Waals surface area contributed by atoms with Crippen molar-refractivity contribution in [2.75, 3.05) is 11.4 Å². The van der Waals surface area contributed by atoms with Crippen LogP contribution in [0, 0.1) is 12.8 Å². The van der Waals surface area contributed by atoms with E-state index >= 15 is 0 Å². The zero-order chi connectivity index (χ0) is 12.4. The number of rotatable bonds is 2.